The first kappa shape index (κ1) is 15.5. The molecule has 1 amide bonds. The fraction of sp³-hybridized carbons (Fsp3) is 0.389. The Labute approximate surface area is 135 Å². The van der Waals surface area contributed by atoms with E-state index in [1.165, 1.54) is 0 Å². The maximum Gasteiger partial charge on any atom is 0.340 e. The van der Waals surface area contributed by atoms with E-state index in [9.17, 15) is 9.59 Å². The molecule has 1 aliphatic carbocycles. The molecule has 0 aliphatic heterocycles. The van der Waals surface area contributed by atoms with Crippen molar-refractivity contribution in [1.82, 2.24) is 10.3 Å². The van der Waals surface area contributed by atoms with Gasteiger partial charge in [-0.3, -0.25) is 9.78 Å². The van der Waals surface area contributed by atoms with Crippen molar-refractivity contribution in [3.8, 4) is 0 Å². The highest BCUT2D eigenvalue weighted by atomic mass is 16.5. The van der Waals surface area contributed by atoms with Crippen LogP contribution in [0.15, 0.2) is 24.3 Å². The minimum Gasteiger partial charge on any atom is -0.449 e. The van der Waals surface area contributed by atoms with Crippen molar-refractivity contribution in [2.75, 3.05) is 0 Å². The number of nitrogens with zero attached hydrogens (tertiary/aromatic N) is 1. The molecule has 0 saturated heterocycles. The Kier molecular flexibility index (Phi) is 4.03. The van der Waals surface area contributed by atoms with E-state index in [4.69, 9.17) is 4.74 Å². The number of carbonyl (C=O) groups is 2. The van der Waals surface area contributed by atoms with E-state index < -0.39 is 12.1 Å². The molecule has 2 aromatic rings. The van der Waals surface area contributed by atoms with Crippen molar-refractivity contribution < 1.29 is 14.3 Å². The van der Waals surface area contributed by atoms with Crippen LogP contribution in [0.1, 0.15) is 41.4 Å². The molecule has 1 saturated carbocycles. The predicted molar refractivity (Wildman–Crippen MR) is 87.3 cm³/mol. The average molecular weight is 312 g/mol. The summed E-state index contributed by atoms with van der Waals surface area (Å²) < 4.78 is 5.30. The first-order chi connectivity index (χ1) is 10.9. The fourth-order valence-corrected chi connectivity index (χ4v) is 2.42. The molecule has 23 heavy (non-hydrogen) atoms. The summed E-state index contributed by atoms with van der Waals surface area (Å²) in [6.07, 6.45) is 1.19. The third-order valence-corrected chi connectivity index (χ3v) is 3.96. The second kappa shape index (κ2) is 5.99. The summed E-state index contributed by atoms with van der Waals surface area (Å²) in [7, 11) is 0. The van der Waals surface area contributed by atoms with E-state index in [1.54, 1.807) is 19.9 Å². The molecule has 1 heterocycles. The fourth-order valence-electron chi connectivity index (χ4n) is 2.42. The van der Waals surface area contributed by atoms with Gasteiger partial charge >= 0.3 is 5.97 Å². The normalized spacial score (nSPS) is 15.3. The van der Waals surface area contributed by atoms with Crippen LogP contribution in [0.3, 0.4) is 0 Å². The number of hydrogen-bond donors (Lipinski definition) is 1. The quantitative estimate of drug-likeness (QED) is 0.881. The topological polar surface area (TPSA) is 68.3 Å². The number of fused-ring (bicyclic) bond motifs is 1. The molecule has 1 fully saturated rings. The van der Waals surface area contributed by atoms with Crippen LogP contribution in [0.4, 0.5) is 0 Å². The summed E-state index contributed by atoms with van der Waals surface area (Å²) in [6, 6.07) is 7.91. The van der Waals surface area contributed by atoms with Crippen molar-refractivity contribution in [2.24, 2.45) is 0 Å². The molecule has 0 unspecified atom stereocenters. The molecular weight excluding hydrogens is 292 g/mol. The number of esters is 1. The highest BCUT2D eigenvalue weighted by molar-refractivity contribution is 5.96. The van der Waals surface area contributed by atoms with E-state index in [2.05, 4.69) is 10.3 Å². The largest absolute Gasteiger partial charge is 0.449 e. The highest BCUT2D eigenvalue weighted by Gasteiger charge is 2.27. The van der Waals surface area contributed by atoms with E-state index in [0.717, 1.165) is 29.3 Å². The smallest absolute Gasteiger partial charge is 0.340 e. The van der Waals surface area contributed by atoms with Crippen molar-refractivity contribution >= 4 is 22.8 Å². The Morgan fingerprint density at radius 1 is 1.26 bits per heavy atom. The minimum atomic E-state index is -0.810. The Bertz CT molecular complexity index is 781. The summed E-state index contributed by atoms with van der Waals surface area (Å²) in [4.78, 5) is 28.7. The molecule has 1 aliphatic rings. The maximum absolute atomic E-state index is 12.4. The Morgan fingerprint density at radius 2 is 2.00 bits per heavy atom. The molecule has 5 heteroatoms. The standard InChI is InChI=1S/C18H20N2O3/c1-10-4-7-16-13(8-10)9-15(11(2)19-16)18(22)23-12(3)17(21)20-14-5-6-14/h4,7-9,12,14H,5-6H2,1-3H3,(H,20,21)/t12-/m1/s1. The van der Waals surface area contributed by atoms with Gasteiger partial charge in [-0.05, 0) is 51.8 Å². The van der Waals surface area contributed by atoms with Gasteiger partial charge < -0.3 is 10.1 Å². The van der Waals surface area contributed by atoms with Gasteiger partial charge in [-0.2, -0.15) is 0 Å². The second-order valence-electron chi connectivity index (χ2n) is 6.15. The minimum absolute atomic E-state index is 0.246. The van der Waals surface area contributed by atoms with E-state index in [0.29, 0.717) is 11.3 Å². The molecule has 5 nitrogen and oxygen atoms in total. The predicted octanol–water partition coefficient (Wildman–Crippen LogP) is 2.68. The van der Waals surface area contributed by atoms with Crippen molar-refractivity contribution in [1.29, 1.82) is 0 Å². The maximum atomic E-state index is 12.4. The lowest BCUT2D eigenvalue weighted by Crippen LogP contribution is -2.37. The molecule has 0 spiro atoms. The van der Waals surface area contributed by atoms with Crippen molar-refractivity contribution in [3.63, 3.8) is 0 Å². The van der Waals surface area contributed by atoms with Crippen LogP contribution in [-0.4, -0.2) is 29.0 Å². The van der Waals surface area contributed by atoms with Gasteiger partial charge in [-0.25, -0.2) is 4.79 Å². The number of hydrogen-bond acceptors (Lipinski definition) is 4. The summed E-state index contributed by atoms with van der Waals surface area (Å²) in [5, 5.41) is 3.72. The molecule has 1 atom stereocenters. The zero-order valence-electron chi connectivity index (χ0n) is 13.6. The number of pyridine rings is 1. The molecule has 3 rings (SSSR count). The van der Waals surface area contributed by atoms with Crippen LogP contribution in [0, 0.1) is 13.8 Å². The Morgan fingerprint density at radius 3 is 2.70 bits per heavy atom. The van der Waals surface area contributed by atoms with Crippen LogP contribution in [0.2, 0.25) is 0 Å². The molecule has 1 aromatic heterocycles. The van der Waals surface area contributed by atoms with Crippen molar-refractivity contribution in [3.05, 3.63) is 41.1 Å². The van der Waals surface area contributed by atoms with Gasteiger partial charge in [0.05, 0.1) is 16.8 Å². The summed E-state index contributed by atoms with van der Waals surface area (Å²) >= 11 is 0. The molecule has 120 valence electrons. The van der Waals surface area contributed by atoms with Gasteiger partial charge in [0.15, 0.2) is 6.10 Å². The SMILES string of the molecule is Cc1ccc2nc(C)c(C(=O)O[C@H](C)C(=O)NC3CC3)cc2c1. The van der Waals surface area contributed by atoms with Gasteiger partial charge in [0.2, 0.25) is 0 Å². The zero-order valence-corrected chi connectivity index (χ0v) is 13.6. The second-order valence-corrected chi connectivity index (χ2v) is 6.15. The number of amides is 1. The van der Waals surface area contributed by atoms with Gasteiger partial charge in [0.1, 0.15) is 0 Å². The lowest BCUT2D eigenvalue weighted by atomic mass is 10.1. The van der Waals surface area contributed by atoms with E-state index in [-0.39, 0.29) is 11.9 Å². The number of nitrogens with one attached hydrogen (secondary N) is 1. The average Bonchev–Trinajstić information content (AvgIpc) is 3.30. The molecule has 0 bridgehead atoms. The van der Waals surface area contributed by atoms with Gasteiger partial charge in [0, 0.05) is 11.4 Å². The number of benzene rings is 1. The van der Waals surface area contributed by atoms with Crippen LogP contribution in [0.25, 0.3) is 10.9 Å². The highest BCUT2D eigenvalue weighted by Crippen LogP contribution is 2.20. The molecule has 1 N–H and O–H groups in total. The van der Waals surface area contributed by atoms with Crippen LogP contribution < -0.4 is 5.32 Å². The lowest BCUT2D eigenvalue weighted by molar-refractivity contribution is -0.129. The lowest BCUT2D eigenvalue weighted by Gasteiger charge is -2.14. The summed E-state index contributed by atoms with van der Waals surface area (Å²) in [6.45, 7) is 5.34. The number of ether oxygens (including phenoxy) is 1. The Hall–Kier alpha value is -2.43. The first-order valence-electron chi connectivity index (χ1n) is 7.83. The summed E-state index contributed by atoms with van der Waals surface area (Å²) in [5.41, 5.74) is 2.93. The van der Waals surface area contributed by atoms with Crippen LogP contribution in [0.5, 0.6) is 0 Å². The first-order valence-corrected chi connectivity index (χ1v) is 7.83. The molecule has 1 aromatic carbocycles. The van der Waals surface area contributed by atoms with Gasteiger partial charge in [-0.15, -0.1) is 0 Å². The Balaban J connectivity index is 1.79. The third kappa shape index (κ3) is 3.50. The van der Waals surface area contributed by atoms with E-state index in [1.807, 2.05) is 25.1 Å². The van der Waals surface area contributed by atoms with Crippen molar-refractivity contribution in [2.45, 2.75) is 45.8 Å². The van der Waals surface area contributed by atoms with Gasteiger partial charge in [0.25, 0.3) is 5.91 Å². The van der Waals surface area contributed by atoms with Crippen LogP contribution in [-0.2, 0) is 9.53 Å². The number of rotatable bonds is 4. The van der Waals surface area contributed by atoms with Crippen LogP contribution >= 0.6 is 0 Å². The van der Waals surface area contributed by atoms with E-state index >= 15 is 0 Å². The number of aromatic nitrogens is 1. The number of aryl methyl sites for hydroxylation is 2. The summed E-state index contributed by atoms with van der Waals surface area (Å²) in [5.74, 6) is -0.764. The molecule has 0 radical (unpaired) electrons. The zero-order chi connectivity index (χ0) is 16.6. The number of carbonyl (C=O) groups excluding carboxylic acids is 2. The third-order valence-electron chi connectivity index (χ3n) is 3.96. The molecular formula is C18H20N2O3. The monoisotopic (exact) mass is 312 g/mol. The van der Waals surface area contributed by atoms with Gasteiger partial charge in [-0.1, -0.05) is 11.6 Å².